The van der Waals surface area contributed by atoms with Crippen LogP contribution in [0.15, 0.2) is 36.8 Å². The van der Waals surface area contributed by atoms with E-state index in [4.69, 9.17) is 9.85 Å². The number of aromatic nitrogens is 7. The Labute approximate surface area is 174 Å². The molecule has 0 aromatic carbocycles. The van der Waals surface area contributed by atoms with Crippen LogP contribution < -0.4 is 16.4 Å². The fourth-order valence-corrected chi connectivity index (χ4v) is 2.88. The predicted octanol–water partition coefficient (Wildman–Crippen LogP) is 2.75. The zero-order chi connectivity index (χ0) is 24.0. The summed E-state index contributed by atoms with van der Waals surface area (Å²) in [6, 6.07) is 4.93. The largest absolute Gasteiger partial charge is 0.369 e. The summed E-state index contributed by atoms with van der Waals surface area (Å²) in [7, 11) is 0. The normalized spacial score (nSPS) is 13.8. The van der Waals surface area contributed by atoms with Crippen LogP contribution >= 0.6 is 0 Å². The van der Waals surface area contributed by atoms with Crippen molar-refractivity contribution in [2.45, 2.75) is 25.9 Å². The van der Waals surface area contributed by atoms with Crippen molar-refractivity contribution in [1.29, 1.82) is 0 Å². The van der Waals surface area contributed by atoms with Crippen molar-refractivity contribution >= 4 is 23.4 Å². The molecular formula is C18H20F2N10. The molecule has 4 N–H and O–H groups in total. The second-order valence-corrected chi connectivity index (χ2v) is 6.97. The highest BCUT2D eigenvalue weighted by Gasteiger charge is 2.26. The fraction of sp³-hybridized carbons (Fsp3) is 0.278. The van der Waals surface area contributed by atoms with Crippen molar-refractivity contribution in [3.63, 3.8) is 0 Å². The monoisotopic (exact) mass is 417 g/mol. The number of nitrogens with two attached hydrogens (primary N) is 1. The molecule has 0 amide bonds. The van der Waals surface area contributed by atoms with Crippen molar-refractivity contribution in [3.05, 3.63) is 42.5 Å². The molecule has 0 unspecified atom stereocenters. The molecule has 0 aliphatic rings. The first-order chi connectivity index (χ1) is 15.4. The van der Waals surface area contributed by atoms with Crippen LogP contribution in [0.5, 0.6) is 0 Å². The Balaban J connectivity index is 1.74. The molecular weight excluding hydrogens is 394 g/mol. The summed E-state index contributed by atoms with van der Waals surface area (Å²) in [5.41, 5.74) is 6.47. The minimum atomic E-state index is -2.78. The van der Waals surface area contributed by atoms with Gasteiger partial charge in [-0.2, -0.15) is 28.8 Å². The first-order valence-electron chi connectivity index (χ1n) is 10.3. The highest BCUT2D eigenvalue weighted by atomic mass is 19.3. The third-order valence-corrected chi connectivity index (χ3v) is 4.43. The Morgan fingerprint density at radius 2 is 1.97 bits per heavy atom. The van der Waals surface area contributed by atoms with E-state index < -0.39 is 19.1 Å². The first-order valence-corrected chi connectivity index (χ1v) is 8.80. The van der Waals surface area contributed by atoms with Crippen LogP contribution in [-0.4, -0.2) is 41.1 Å². The SMILES string of the molecule is [2H]C([2H])([2H])Nc1nc(NC(C)(C)c2ccn(C(F)F)n2)nc(-c2ccc3cnc(N)n3c2)n1. The van der Waals surface area contributed by atoms with E-state index in [9.17, 15) is 8.78 Å². The number of hydrogen-bond donors (Lipinski definition) is 3. The smallest absolute Gasteiger partial charge is 0.333 e. The minimum Gasteiger partial charge on any atom is -0.369 e. The van der Waals surface area contributed by atoms with Crippen LogP contribution in [0.3, 0.4) is 0 Å². The molecule has 4 rings (SSSR count). The number of fused-ring (bicyclic) bond motifs is 1. The molecule has 0 aliphatic heterocycles. The molecule has 0 atom stereocenters. The van der Waals surface area contributed by atoms with Gasteiger partial charge in [0.05, 0.1) is 22.9 Å². The van der Waals surface area contributed by atoms with Crippen LogP contribution in [0.25, 0.3) is 16.9 Å². The number of hydrogen-bond acceptors (Lipinski definition) is 8. The van der Waals surface area contributed by atoms with Gasteiger partial charge in [0, 0.05) is 29.0 Å². The lowest BCUT2D eigenvalue weighted by molar-refractivity contribution is 0.0558. The molecule has 4 aromatic heterocycles. The molecule has 0 spiro atoms. The van der Waals surface area contributed by atoms with E-state index in [-0.39, 0.29) is 23.7 Å². The molecule has 0 bridgehead atoms. The average molecular weight is 417 g/mol. The van der Waals surface area contributed by atoms with E-state index in [1.54, 1.807) is 42.8 Å². The Kier molecular flexibility index (Phi) is 3.85. The quantitative estimate of drug-likeness (QED) is 0.437. The summed E-state index contributed by atoms with van der Waals surface area (Å²) in [6.45, 7) is -1.94. The van der Waals surface area contributed by atoms with Crippen LogP contribution in [-0.2, 0) is 5.54 Å². The zero-order valence-electron chi connectivity index (χ0n) is 19.0. The molecule has 30 heavy (non-hydrogen) atoms. The number of halogens is 2. The third kappa shape index (κ3) is 3.58. The van der Waals surface area contributed by atoms with Gasteiger partial charge in [0.2, 0.25) is 17.8 Å². The van der Waals surface area contributed by atoms with Gasteiger partial charge >= 0.3 is 6.55 Å². The van der Waals surface area contributed by atoms with Crippen molar-refractivity contribution in [2.75, 3.05) is 23.3 Å². The fourth-order valence-electron chi connectivity index (χ4n) is 2.88. The highest BCUT2D eigenvalue weighted by Crippen LogP contribution is 2.26. The third-order valence-electron chi connectivity index (χ3n) is 4.43. The van der Waals surface area contributed by atoms with Crippen LogP contribution in [0.1, 0.15) is 30.2 Å². The van der Waals surface area contributed by atoms with Gasteiger partial charge < -0.3 is 16.4 Å². The van der Waals surface area contributed by atoms with E-state index in [0.717, 1.165) is 11.7 Å². The second-order valence-electron chi connectivity index (χ2n) is 6.97. The van der Waals surface area contributed by atoms with E-state index in [1.165, 1.54) is 6.07 Å². The van der Waals surface area contributed by atoms with Crippen LogP contribution in [0, 0.1) is 0 Å². The van der Waals surface area contributed by atoms with Crippen molar-refractivity contribution < 1.29 is 12.9 Å². The Bertz CT molecular complexity index is 1300. The molecule has 12 heteroatoms. The number of imidazole rings is 1. The zero-order valence-corrected chi connectivity index (χ0v) is 16.0. The summed E-state index contributed by atoms with van der Waals surface area (Å²) in [4.78, 5) is 16.8. The number of nitrogens with zero attached hydrogens (tertiary/aromatic N) is 7. The standard InChI is InChI=1S/C18H20F2N10/c1-18(2,12-6-7-30(28-12)14(19)20)27-17-25-13(24-16(22-3)26-17)10-4-5-11-8-23-15(21)29(11)9-10/h4-9,14H,1-3H3,(H2,21,23)(H2,22,24,25,26,27)/i3D3. The molecule has 156 valence electrons. The molecule has 0 saturated heterocycles. The van der Waals surface area contributed by atoms with E-state index in [2.05, 4.69) is 35.7 Å². The summed E-state index contributed by atoms with van der Waals surface area (Å²) >= 11 is 0. The number of nitrogen functional groups attached to an aromatic ring is 1. The number of anilines is 3. The predicted molar refractivity (Wildman–Crippen MR) is 108 cm³/mol. The average Bonchev–Trinajstić information content (AvgIpc) is 3.34. The number of rotatable bonds is 6. The van der Waals surface area contributed by atoms with Gasteiger partial charge in [0.15, 0.2) is 5.82 Å². The summed E-state index contributed by atoms with van der Waals surface area (Å²) < 4.78 is 50.5. The van der Waals surface area contributed by atoms with Gasteiger partial charge in [-0.25, -0.2) is 9.67 Å². The van der Waals surface area contributed by atoms with E-state index >= 15 is 0 Å². The number of alkyl halides is 2. The van der Waals surface area contributed by atoms with Crippen molar-refractivity contribution in [2.24, 2.45) is 0 Å². The van der Waals surface area contributed by atoms with Crippen molar-refractivity contribution in [3.8, 4) is 11.4 Å². The number of nitrogens with one attached hydrogen (secondary N) is 2. The topological polar surface area (TPSA) is 124 Å². The van der Waals surface area contributed by atoms with E-state index in [1.807, 2.05) is 0 Å². The Morgan fingerprint density at radius 3 is 2.70 bits per heavy atom. The van der Waals surface area contributed by atoms with Gasteiger partial charge in [-0.3, -0.25) is 4.40 Å². The maximum Gasteiger partial charge on any atom is 0.333 e. The molecule has 0 radical (unpaired) electrons. The Hall–Kier alpha value is -3.83. The highest BCUT2D eigenvalue weighted by molar-refractivity contribution is 5.63. The lowest BCUT2D eigenvalue weighted by Gasteiger charge is -2.24. The second kappa shape index (κ2) is 7.21. The van der Waals surface area contributed by atoms with Crippen LogP contribution in [0.4, 0.5) is 26.6 Å². The molecule has 0 aliphatic carbocycles. The van der Waals surface area contributed by atoms with Gasteiger partial charge in [-0.1, -0.05) is 0 Å². The minimum absolute atomic E-state index is 0.0158. The molecule has 0 fully saturated rings. The van der Waals surface area contributed by atoms with Gasteiger partial charge in [0.1, 0.15) is 0 Å². The van der Waals surface area contributed by atoms with Gasteiger partial charge in [-0.15, -0.1) is 0 Å². The van der Waals surface area contributed by atoms with Gasteiger partial charge in [-0.05, 0) is 32.0 Å². The maximum atomic E-state index is 12.9. The Morgan fingerprint density at radius 1 is 1.17 bits per heavy atom. The van der Waals surface area contributed by atoms with Gasteiger partial charge in [0.25, 0.3) is 0 Å². The lowest BCUT2D eigenvalue weighted by atomic mass is 10.0. The first kappa shape index (κ1) is 16.0. The molecule has 0 saturated carbocycles. The lowest BCUT2D eigenvalue weighted by Crippen LogP contribution is -2.30. The van der Waals surface area contributed by atoms with Crippen LogP contribution in [0.2, 0.25) is 0 Å². The van der Waals surface area contributed by atoms with Crippen molar-refractivity contribution in [1.82, 2.24) is 34.1 Å². The maximum absolute atomic E-state index is 12.9. The van der Waals surface area contributed by atoms with E-state index in [0.29, 0.717) is 15.9 Å². The summed E-state index contributed by atoms with van der Waals surface area (Å²) in [6.07, 6.45) is 4.42. The molecule has 4 heterocycles. The molecule has 10 nitrogen and oxygen atoms in total. The number of pyridine rings is 1. The summed E-state index contributed by atoms with van der Waals surface area (Å²) in [5, 5.41) is 9.15. The summed E-state index contributed by atoms with van der Waals surface area (Å²) in [5.74, 6) is 0.233. The molecule has 4 aromatic rings.